The number of hydrogen-bond donors (Lipinski definition) is 7. The third kappa shape index (κ3) is 11.2. The van der Waals surface area contributed by atoms with E-state index in [1.807, 2.05) is 10.6 Å². The number of aliphatic carboxylic acids is 4. The molecule has 0 heterocycles. The molecule has 0 aliphatic heterocycles. The van der Waals surface area contributed by atoms with Gasteiger partial charge in [-0.1, -0.05) is 0 Å². The van der Waals surface area contributed by atoms with E-state index in [0.29, 0.717) is 0 Å². The zero-order chi connectivity index (χ0) is 23.4. The van der Waals surface area contributed by atoms with Gasteiger partial charge in [-0.25, -0.2) is 9.59 Å². The predicted molar refractivity (Wildman–Crippen MR) is 95.1 cm³/mol. The number of hydrogen-bond acceptors (Lipinski definition) is 7. The van der Waals surface area contributed by atoms with Crippen molar-refractivity contribution in [3.63, 3.8) is 0 Å². The Morgan fingerprint density at radius 2 is 1.10 bits per heavy atom. The molecule has 0 saturated carbocycles. The van der Waals surface area contributed by atoms with E-state index in [1.165, 1.54) is 0 Å². The van der Waals surface area contributed by atoms with Gasteiger partial charge in [0.1, 0.15) is 18.1 Å². The van der Waals surface area contributed by atoms with Crippen molar-refractivity contribution >= 4 is 41.6 Å². The molecule has 0 spiro atoms. The molecule has 0 saturated heterocycles. The van der Waals surface area contributed by atoms with Gasteiger partial charge in [-0.2, -0.15) is 0 Å². The van der Waals surface area contributed by atoms with Crippen LogP contribution >= 0.6 is 0 Å². The van der Waals surface area contributed by atoms with Crippen LogP contribution in [-0.4, -0.2) is 80.2 Å². The lowest BCUT2D eigenvalue weighted by Gasteiger charge is -2.21. The summed E-state index contributed by atoms with van der Waals surface area (Å²) in [6, 6.07) is -4.74. The summed E-state index contributed by atoms with van der Waals surface area (Å²) < 4.78 is 0. The molecule has 3 amide bonds. The molecule has 7 N–H and O–H groups in total. The zero-order valence-electron chi connectivity index (χ0n) is 15.9. The predicted octanol–water partition coefficient (Wildman–Crippen LogP) is -2.25. The van der Waals surface area contributed by atoms with E-state index in [1.54, 1.807) is 0 Å². The third-order valence-electron chi connectivity index (χ3n) is 3.63. The largest absolute Gasteiger partial charge is 0.481 e. The van der Waals surface area contributed by atoms with Gasteiger partial charge in [-0.05, 0) is 12.8 Å². The van der Waals surface area contributed by atoms with Gasteiger partial charge in [0.05, 0.1) is 6.42 Å². The topological polar surface area (TPSA) is 236 Å². The second-order valence-electron chi connectivity index (χ2n) is 6.18. The standard InChI is InChI=1S/C16H23N3O11/c1-7(20)17-10(14(26)19-9(16(29)30)3-5-13(24)25)6-11(21)18-8(15(27)28)2-4-12(22)23/h8-10H,2-6H2,1H3,(H,17,20)(H,18,21)(H,19,26)(H,22,23)(H,24,25)(H,27,28)(H,29,30). The van der Waals surface area contributed by atoms with Gasteiger partial charge in [-0.3, -0.25) is 24.0 Å². The first-order chi connectivity index (χ1) is 13.8. The molecule has 0 bridgehead atoms. The SMILES string of the molecule is CC(=O)NC(CC(=O)NC(CCC(=O)O)C(=O)O)C(=O)NC(CCC(=O)O)C(=O)O. The highest BCUT2D eigenvalue weighted by atomic mass is 16.4. The first kappa shape index (κ1) is 26.3. The molecule has 14 heteroatoms. The molecule has 0 aliphatic carbocycles. The maximum atomic E-state index is 12.3. The highest BCUT2D eigenvalue weighted by Crippen LogP contribution is 2.03. The Hall–Kier alpha value is -3.71. The highest BCUT2D eigenvalue weighted by molar-refractivity contribution is 5.94. The van der Waals surface area contributed by atoms with Crippen LogP contribution in [0.3, 0.4) is 0 Å². The van der Waals surface area contributed by atoms with Gasteiger partial charge in [0.2, 0.25) is 17.7 Å². The molecule has 3 unspecified atom stereocenters. The molecule has 0 radical (unpaired) electrons. The van der Waals surface area contributed by atoms with E-state index in [2.05, 4.69) is 5.32 Å². The second kappa shape index (κ2) is 12.7. The summed E-state index contributed by atoms with van der Waals surface area (Å²) in [5, 5.41) is 41.5. The fraction of sp³-hybridized carbons (Fsp3) is 0.562. The van der Waals surface area contributed by atoms with Crippen molar-refractivity contribution in [1.29, 1.82) is 0 Å². The summed E-state index contributed by atoms with van der Waals surface area (Å²) in [5.74, 6) is -8.49. The number of amides is 3. The summed E-state index contributed by atoms with van der Waals surface area (Å²) in [7, 11) is 0. The van der Waals surface area contributed by atoms with Gasteiger partial charge in [0, 0.05) is 19.8 Å². The number of carboxylic acid groups (broad SMARTS) is 4. The van der Waals surface area contributed by atoms with Crippen LogP contribution in [0.15, 0.2) is 0 Å². The van der Waals surface area contributed by atoms with Crippen LogP contribution in [0.5, 0.6) is 0 Å². The van der Waals surface area contributed by atoms with Crippen LogP contribution in [0.1, 0.15) is 39.0 Å². The first-order valence-electron chi connectivity index (χ1n) is 8.59. The van der Waals surface area contributed by atoms with Crippen molar-refractivity contribution in [1.82, 2.24) is 16.0 Å². The summed E-state index contributed by atoms with van der Waals surface area (Å²) in [6.45, 7) is 1.02. The van der Waals surface area contributed by atoms with Crippen LogP contribution < -0.4 is 16.0 Å². The minimum Gasteiger partial charge on any atom is -0.481 e. The van der Waals surface area contributed by atoms with E-state index >= 15 is 0 Å². The van der Waals surface area contributed by atoms with Crippen LogP contribution in [0.2, 0.25) is 0 Å². The van der Waals surface area contributed by atoms with E-state index in [9.17, 15) is 33.6 Å². The summed E-state index contributed by atoms with van der Waals surface area (Å²) in [6.07, 6.45) is -2.76. The summed E-state index contributed by atoms with van der Waals surface area (Å²) in [4.78, 5) is 79.1. The molecule has 0 aromatic heterocycles. The van der Waals surface area contributed by atoms with E-state index in [4.69, 9.17) is 20.4 Å². The van der Waals surface area contributed by atoms with Gasteiger partial charge >= 0.3 is 23.9 Å². The number of carbonyl (C=O) groups is 7. The average molecular weight is 433 g/mol. The van der Waals surface area contributed by atoms with Gasteiger partial charge < -0.3 is 36.4 Å². The lowest BCUT2D eigenvalue weighted by molar-refractivity contribution is -0.145. The molecule has 0 rings (SSSR count). The minimum absolute atomic E-state index is 0.427. The van der Waals surface area contributed by atoms with Crippen LogP contribution in [0, 0.1) is 0 Å². The van der Waals surface area contributed by atoms with E-state index in [-0.39, 0.29) is 0 Å². The van der Waals surface area contributed by atoms with Gasteiger partial charge in [-0.15, -0.1) is 0 Å². The normalized spacial score (nSPS) is 13.2. The molecular weight excluding hydrogens is 410 g/mol. The Balaban J connectivity index is 5.17. The Morgan fingerprint density at radius 1 is 0.667 bits per heavy atom. The molecule has 0 aromatic rings. The number of rotatable bonds is 14. The van der Waals surface area contributed by atoms with E-state index < -0.39 is 91.8 Å². The number of nitrogens with one attached hydrogen (secondary N) is 3. The van der Waals surface area contributed by atoms with Crippen LogP contribution in [0.25, 0.3) is 0 Å². The zero-order valence-corrected chi connectivity index (χ0v) is 15.9. The average Bonchev–Trinajstić information content (AvgIpc) is 2.59. The second-order valence-corrected chi connectivity index (χ2v) is 6.18. The lowest BCUT2D eigenvalue weighted by atomic mass is 10.1. The lowest BCUT2D eigenvalue weighted by Crippen LogP contribution is -2.53. The maximum absolute atomic E-state index is 12.3. The monoisotopic (exact) mass is 433 g/mol. The Labute approximate surface area is 169 Å². The quantitative estimate of drug-likeness (QED) is 0.154. The number of carboxylic acids is 4. The fourth-order valence-corrected chi connectivity index (χ4v) is 2.22. The van der Waals surface area contributed by atoms with E-state index in [0.717, 1.165) is 6.92 Å². The molecular formula is C16H23N3O11. The Bertz CT molecular complexity index is 707. The Kier molecular flexibility index (Phi) is 11.1. The van der Waals surface area contributed by atoms with Crippen molar-refractivity contribution in [2.75, 3.05) is 0 Å². The molecule has 168 valence electrons. The molecule has 0 fully saturated rings. The van der Waals surface area contributed by atoms with Crippen molar-refractivity contribution in [2.45, 2.75) is 57.2 Å². The molecule has 0 aromatic carbocycles. The first-order valence-corrected chi connectivity index (χ1v) is 8.59. The molecule has 14 nitrogen and oxygen atoms in total. The molecule has 3 atom stereocenters. The molecule has 0 aliphatic rings. The fourth-order valence-electron chi connectivity index (χ4n) is 2.22. The maximum Gasteiger partial charge on any atom is 0.326 e. The van der Waals surface area contributed by atoms with Gasteiger partial charge in [0.25, 0.3) is 0 Å². The summed E-state index contributed by atoms with van der Waals surface area (Å²) >= 11 is 0. The van der Waals surface area contributed by atoms with Crippen molar-refractivity contribution in [3.8, 4) is 0 Å². The van der Waals surface area contributed by atoms with Crippen molar-refractivity contribution < 1.29 is 54.0 Å². The number of carbonyl (C=O) groups excluding carboxylic acids is 3. The highest BCUT2D eigenvalue weighted by Gasteiger charge is 2.29. The molecule has 30 heavy (non-hydrogen) atoms. The van der Waals surface area contributed by atoms with Crippen LogP contribution in [-0.2, 0) is 33.6 Å². The minimum atomic E-state index is -1.60. The third-order valence-corrected chi connectivity index (χ3v) is 3.63. The summed E-state index contributed by atoms with van der Waals surface area (Å²) in [5.41, 5.74) is 0. The van der Waals surface area contributed by atoms with Crippen molar-refractivity contribution in [3.05, 3.63) is 0 Å². The van der Waals surface area contributed by atoms with Crippen molar-refractivity contribution in [2.24, 2.45) is 0 Å². The van der Waals surface area contributed by atoms with Gasteiger partial charge in [0.15, 0.2) is 0 Å². The Morgan fingerprint density at radius 3 is 1.47 bits per heavy atom. The van der Waals surface area contributed by atoms with Crippen LogP contribution in [0.4, 0.5) is 0 Å². The smallest absolute Gasteiger partial charge is 0.326 e.